The lowest BCUT2D eigenvalue weighted by Crippen LogP contribution is -2.27. The number of hydrogen-bond donors (Lipinski definition) is 3. The monoisotopic (exact) mass is 259 g/mol. The van der Waals surface area contributed by atoms with Crippen molar-refractivity contribution in [2.75, 3.05) is 6.54 Å². The minimum atomic E-state index is -3.61. The molecule has 0 saturated heterocycles. The zero-order chi connectivity index (χ0) is 12.6. The third-order valence-corrected chi connectivity index (χ3v) is 4.65. The number of aromatic nitrogens is 2. The van der Waals surface area contributed by atoms with Gasteiger partial charge in [-0.15, -0.1) is 0 Å². The standard InChI is InChI=1S/C10H17N3O3S/c1-6-3-8(6)4-11-17(15,16)10-9(5-14)7(2)12-13-10/h6,8,11,14H,3-5H2,1-2H3,(H,12,13). The smallest absolute Gasteiger partial charge is 0.260 e. The molecule has 3 N–H and O–H groups in total. The number of sulfonamides is 1. The summed E-state index contributed by atoms with van der Waals surface area (Å²) in [7, 11) is -3.61. The van der Waals surface area contributed by atoms with Gasteiger partial charge in [0, 0.05) is 17.8 Å². The average Bonchev–Trinajstić information content (AvgIpc) is 2.83. The first-order chi connectivity index (χ1) is 7.95. The summed E-state index contributed by atoms with van der Waals surface area (Å²) in [5.74, 6) is 1.03. The number of aromatic amines is 1. The summed E-state index contributed by atoms with van der Waals surface area (Å²) in [5, 5.41) is 15.4. The molecule has 7 heteroatoms. The van der Waals surface area contributed by atoms with Gasteiger partial charge in [-0.3, -0.25) is 5.10 Å². The van der Waals surface area contributed by atoms with Gasteiger partial charge in [0.05, 0.1) is 6.61 Å². The lowest BCUT2D eigenvalue weighted by atomic mass is 10.3. The molecule has 2 unspecified atom stereocenters. The van der Waals surface area contributed by atoms with E-state index in [0.717, 1.165) is 6.42 Å². The molecule has 1 aromatic rings. The number of nitrogens with one attached hydrogen (secondary N) is 2. The summed E-state index contributed by atoms with van der Waals surface area (Å²) in [6, 6.07) is 0. The first-order valence-electron chi connectivity index (χ1n) is 5.60. The predicted octanol–water partition coefficient (Wildman–Crippen LogP) is 0.145. The van der Waals surface area contributed by atoms with Crippen molar-refractivity contribution in [2.45, 2.75) is 31.9 Å². The van der Waals surface area contributed by atoms with Crippen LogP contribution in [0.1, 0.15) is 24.6 Å². The molecule has 0 amide bonds. The Morgan fingerprint density at radius 2 is 2.24 bits per heavy atom. The maximum absolute atomic E-state index is 12.0. The second-order valence-electron chi connectivity index (χ2n) is 4.62. The number of rotatable bonds is 5. The molecular formula is C10H17N3O3S. The van der Waals surface area contributed by atoms with E-state index in [1.165, 1.54) is 0 Å². The van der Waals surface area contributed by atoms with Crippen molar-refractivity contribution in [1.29, 1.82) is 0 Å². The first-order valence-corrected chi connectivity index (χ1v) is 7.08. The van der Waals surface area contributed by atoms with Gasteiger partial charge in [-0.2, -0.15) is 5.10 Å². The molecule has 1 aromatic heterocycles. The molecule has 0 spiro atoms. The number of H-pyrrole nitrogens is 1. The van der Waals surface area contributed by atoms with E-state index >= 15 is 0 Å². The van der Waals surface area contributed by atoms with Crippen LogP contribution in [0.15, 0.2) is 5.03 Å². The average molecular weight is 259 g/mol. The van der Waals surface area contributed by atoms with E-state index in [1.807, 2.05) is 0 Å². The molecule has 0 radical (unpaired) electrons. The Kier molecular flexibility index (Phi) is 3.24. The van der Waals surface area contributed by atoms with Gasteiger partial charge < -0.3 is 5.11 Å². The van der Waals surface area contributed by atoms with E-state index in [0.29, 0.717) is 29.6 Å². The van der Waals surface area contributed by atoms with Gasteiger partial charge in [0.15, 0.2) is 5.03 Å². The van der Waals surface area contributed by atoms with E-state index in [4.69, 9.17) is 5.11 Å². The molecule has 0 aromatic carbocycles. The van der Waals surface area contributed by atoms with Gasteiger partial charge in [0.25, 0.3) is 10.0 Å². The van der Waals surface area contributed by atoms with Crippen molar-refractivity contribution in [3.05, 3.63) is 11.3 Å². The van der Waals surface area contributed by atoms with Crippen molar-refractivity contribution in [2.24, 2.45) is 11.8 Å². The quantitative estimate of drug-likeness (QED) is 0.701. The molecule has 2 atom stereocenters. The van der Waals surface area contributed by atoms with E-state index in [9.17, 15) is 8.42 Å². The summed E-state index contributed by atoms with van der Waals surface area (Å²) in [4.78, 5) is 0. The summed E-state index contributed by atoms with van der Waals surface area (Å²) >= 11 is 0. The molecule has 1 saturated carbocycles. The molecule has 96 valence electrons. The highest BCUT2D eigenvalue weighted by molar-refractivity contribution is 7.89. The molecule has 2 rings (SSSR count). The van der Waals surface area contributed by atoms with Gasteiger partial charge in [0.1, 0.15) is 0 Å². The Bertz CT molecular complexity index is 509. The summed E-state index contributed by atoms with van der Waals surface area (Å²) < 4.78 is 26.5. The van der Waals surface area contributed by atoms with E-state index < -0.39 is 10.0 Å². The fraction of sp³-hybridized carbons (Fsp3) is 0.700. The van der Waals surface area contributed by atoms with E-state index in [1.54, 1.807) is 6.92 Å². The minimum Gasteiger partial charge on any atom is -0.392 e. The molecule has 1 aliphatic rings. The highest BCUT2D eigenvalue weighted by atomic mass is 32.2. The number of aliphatic hydroxyl groups excluding tert-OH is 1. The van der Waals surface area contributed by atoms with Crippen LogP contribution in [0.5, 0.6) is 0 Å². The first kappa shape index (κ1) is 12.5. The topological polar surface area (TPSA) is 95.1 Å². The van der Waals surface area contributed by atoms with Gasteiger partial charge in [-0.1, -0.05) is 6.92 Å². The molecule has 6 nitrogen and oxygen atoms in total. The summed E-state index contributed by atoms with van der Waals surface area (Å²) in [6.07, 6.45) is 1.06. The highest BCUT2D eigenvalue weighted by Crippen LogP contribution is 2.37. The Hall–Kier alpha value is -0.920. The maximum atomic E-state index is 12.0. The number of aryl methyl sites for hydroxylation is 1. The van der Waals surface area contributed by atoms with Crippen LogP contribution in [0.25, 0.3) is 0 Å². The molecule has 17 heavy (non-hydrogen) atoms. The van der Waals surface area contributed by atoms with Crippen molar-refractivity contribution in [3.63, 3.8) is 0 Å². The Labute approximate surface area is 100 Å². The van der Waals surface area contributed by atoms with Crippen LogP contribution in [0.3, 0.4) is 0 Å². The SMILES string of the molecule is Cc1[nH]nc(S(=O)(=O)NCC2CC2C)c1CO. The Morgan fingerprint density at radius 3 is 2.76 bits per heavy atom. The third-order valence-electron chi connectivity index (χ3n) is 3.26. The molecule has 1 fully saturated rings. The van der Waals surface area contributed by atoms with Crippen LogP contribution in [-0.4, -0.2) is 30.3 Å². The number of hydrogen-bond acceptors (Lipinski definition) is 4. The zero-order valence-corrected chi connectivity index (χ0v) is 10.7. The van der Waals surface area contributed by atoms with Gasteiger partial charge in [-0.05, 0) is 25.2 Å². The Balaban J connectivity index is 2.13. The molecule has 1 heterocycles. The van der Waals surface area contributed by atoms with Crippen molar-refractivity contribution in [1.82, 2.24) is 14.9 Å². The summed E-state index contributed by atoms with van der Waals surface area (Å²) in [5.41, 5.74) is 0.911. The van der Waals surface area contributed by atoms with Crippen LogP contribution in [0.4, 0.5) is 0 Å². The Morgan fingerprint density at radius 1 is 1.59 bits per heavy atom. The lowest BCUT2D eigenvalue weighted by molar-refractivity contribution is 0.277. The highest BCUT2D eigenvalue weighted by Gasteiger charge is 2.34. The summed E-state index contributed by atoms with van der Waals surface area (Å²) in [6.45, 7) is 3.88. The second-order valence-corrected chi connectivity index (χ2v) is 6.30. The van der Waals surface area contributed by atoms with Crippen molar-refractivity contribution in [3.8, 4) is 0 Å². The van der Waals surface area contributed by atoms with Gasteiger partial charge in [-0.25, -0.2) is 13.1 Å². The predicted molar refractivity (Wildman–Crippen MR) is 61.7 cm³/mol. The van der Waals surface area contributed by atoms with Crippen LogP contribution in [-0.2, 0) is 16.6 Å². The molecule has 0 aliphatic heterocycles. The van der Waals surface area contributed by atoms with E-state index in [2.05, 4.69) is 21.8 Å². The third kappa shape index (κ3) is 2.51. The maximum Gasteiger partial charge on any atom is 0.260 e. The largest absolute Gasteiger partial charge is 0.392 e. The molecular weight excluding hydrogens is 242 g/mol. The van der Waals surface area contributed by atoms with Crippen LogP contribution >= 0.6 is 0 Å². The number of nitrogens with zero attached hydrogens (tertiary/aromatic N) is 1. The zero-order valence-electron chi connectivity index (χ0n) is 9.90. The molecule has 0 bridgehead atoms. The number of aliphatic hydroxyl groups is 1. The van der Waals surface area contributed by atoms with Gasteiger partial charge >= 0.3 is 0 Å². The molecule has 1 aliphatic carbocycles. The second kappa shape index (κ2) is 4.40. The lowest BCUT2D eigenvalue weighted by Gasteiger charge is -2.05. The van der Waals surface area contributed by atoms with Crippen molar-refractivity contribution < 1.29 is 13.5 Å². The van der Waals surface area contributed by atoms with Crippen LogP contribution in [0, 0.1) is 18.8 Å². The van der Waals surface area contributed by atoms with Crippen LogP contribution in [0.2, 0.25) is 0 Å². The van der Waals surface area contributed by atoms with Gasteiger partial charge in [0.2, 0.25) is 0 Å². The minimum absolute atomic E-state index is 0.0918. The van der Waals surface area contributed by atoms with Crippen molar-refractivity contribution >= 4 is 10.0 Å². The fourth-order valence-electron chi connectivity index (χ4n) is 1.81. The normalized spacial score (nSPS) is 23.9. The van der Waals surface area contributed by atoms with E-state index in [-0.39, 0.29) is 11.6 Å². The van der Waals surface area contributed by atoms with Crippen LogP contribution < -0.4 is 4.72 Å². The fourth-order valence-corrected chi connectivity index (χ4v) is 3.09.